The van der Waals surface area contributed by atoms with Gasteiger partial charge in [-0.05, 0) is 23.8 Å². The van der Waals surface area contributed by atoms with Gasteiger partial charge in [-0.2, -0.15) is 0 Å². The minimum absolute atomic E-state index is 0.312. The van der Waals surface area contributed by atoms with Gasteiger partial charge in [-0.3, -0.25) is 0 Å². The largest absolute Gasteiger partial charge is 0.504 e. The minimum atomic E-state index is -1.71. The van der Waals surface area contributed by atoms with Crippen LogP contribution in [0.4, 0.5) is 0 Å². The first-order valence-corrected chi connectivity index (χ1v) is 7.04. The van der Waals surface area contributed by atoms with Crippen LogP contribution in [0, 0.1) is 0 Å². The van der Waals surface area contributed by atoms with Crippen molar-refractivity contribution in [1.82, 2.24) is 0 Å². The van der Waals surface area contributed by atoms with Gasteiger partial charge in [0.25, 0.3) is 0 Å². The van der Waals surface area contributed by atoms with Gasteiger partial charge in [-0.1, -0.05) is 6.07 Å². The summed E-state index contributed by atoms with van der Waals surface area (Å²) in [6, 6.07) is 3.87. The minimum Gasteiger partial charge on any atom is -0.504 e. The van der Waals surface area contributed by atoms with E-state index < -0.39 is 43.3 Å². The predicted octanol–water partition coefficient (Wildman–Crippen LogP) is -1.55. The van der Waals surface area contributed by atoms with Crippen LogP contribution in [-0.4, -0.2) is 73.9 Å². The SMILES string of the molecule is O=C(/C=C/c1ccc(O)c(O)c1)O[C@@H]1[C@@H](O)[C@H](O)[C@@H](CO)O[C@H]1O. The van der Waals surface area contributed by atoms with Gasteiger partial charge in [0.15, 0.2) is 23.9 Å². The third kappa shape index (κ3) is 4.02. The fourth-order valence-electron chi connectivity index (χ4n) is 2.18. The standard InChI is InChI=1S/C15H18O9/c16-6-10-12(20)13(21)14(15(22)23-10)24-11(19)4-2-7-1-3-8(17)9(18)5-7/h1-5,10,12-18,20-22H,6H2/b4-2+/t10-,12-,13+,14-,15-/m1/s1. The number of aliphatic hydroxyl groups is 4. The van der Waals surface area contributed by atoms with E-state index in [2.05, 4.69) is 0 Å². The van der Waals surface area contributed by atoms with E-state index in [1.54, 1.807) is 0 Å². The monoisotopic (exact) mass is 342 g/mol. The number of hydrogen-bond donors (Lipinski definition) is 6. The molecule has 1 aromatic carbocycles. The zero-order valence-electron chi connectivity index (χ0n) is 12.4. The first-order valence-electron chi connectivity index (χ1n) is 7.04. The molecule has 2 rings (SSSR count). The van der Waals surface area contributed by atoms with Crippen LogP contribution >= 0.6 is 0 Å². The molecule has 6 N–H and O–H groups in total. The van der Waals surface area contributed by atoms with Gasteiger partial charge in [-0.25, -0.2) is 4.79 Å². The summed E-state index contributed by atoms with van der Waals surface area (Å²) in [6.45, 7) is -0.625. The van der Waals surface area contributed by atoms with Gasteiger partial charge in [0, 0.05) is 6.08 Å². The van der Waals surface area contributed by atoms with Crippen molar-refractivity contribution in [3.05, 3.63) is 29.8 Å². The summed E-state index contributed by atoms with van der Waals surface area (Å²) in [7, 11) is 0. The maximum atomic E-state index is 11.8. The zero-order chi connectivity index (χ0) is 17.9. The number of ether oxygens (including phenoxy) is 2. The molecule has 132 valence electrons. The third-order valence-corrected chi connectivity index (χ3v) is 3.51. The highest BCUT2D eigenvalue weighted by Gasteiger charge is 2.45. The Bertz CT molecular complexity index is 615. The number of aliphatic hydroxyl groups excluding tert-OH is 4. The van der Waals surface area contributed by atoms with Crippen LogP contribution in [0.25, 0.3) is 6.08 Å². The van der Waals surface area contributed by atoms with E-state index in [-0.39, 0.29) is 11.5 Å². The van der Waals surface area contributed by atoms with Crippen LogP contribution in [0.5, 0.6) is 11.5 Å². The molecule has 0 bridgehead atoms. The van der Waals surface area contributed by atoms with Crippen molar-refractivity contribution >= 4 is 12.0 Å². The van der Waals surface area contributed by atoms with Crippen molar-refractivity contribution in [3.63, 3.8) is 0 Å². The van der Waals surface area contributed by atoms with Crippen molar-refractivity contribution in [2.45, 2.75) is 30.7 Å². The van der Waals surface area contributed by atoms with Crippen molar-refractivity contribution < 1.29 is 44.9 Å². The lowest BCUT2D eigenvalue weighted by molar-refractivity contribution is -0.289. The highest BCUT2D eigenvalue weighted by Crippen LogP contribution is 2.26. The number of phenols is 2. The molecule has 1 aliphatic rings. The maximum Gasteiger partial charge on any atom is 0.331 e. The molecule has 24 heavy (non-hydrogen) atoms. The number of rotatable bonds is 4. The number of carbonyl (C=O) groups is 1. The zero-order valence-corrected chi connectivity index (χ0v) is 12.4. The molecule has 5 atom stereocenters. The summed E-state index contributed by atoms with van der Waals surface area (Å²) < 4.78 is 9.71. The molecule has 1 aliphatic heterocycles. The van der Waals surface area contributed by atoms with Gasteiger partial charge in [0.1, 0.15) is 18.3 Å². The van der Waals surface area contributed by atoms with Gasteiger partial charge in [0.05, 0.1) is 6.61 Å². The van der Waals surface area contributed by atoms with Gasteiger partial charge in [0.2, 0.25) is 0 Å². The van der Waals surface area contributed by atoms with Crippen molar-refractivity contribution in [1.29, 1.82) is 0 Å². The summed E-state index contributed by atoms with van der Waals surface area (Å²) in [4.78, 5) is 11.8. The van der Waals surface area contributed by atoms with Crippen molar-refractivity contribution in [2.75, 3.05) is 6.61 Å². The Balaban J connectivity index is 2.00. The second-order valence-corrected chi connectivity index (χ2v) is 5.21. The molecular formula is C15H18O9. The van der Waals surface area contributed by atoms with E-state index in [0.29, 0.717) is 5.56 Å². The van der Waals surface area contributed by atoms with E-state index in [4.69, 9.17) is 14.6 Å². The second kappa shape index (κ2) is 7.60. The Morgan fingerprint density at radius 2 is 1.88 bits per heavy atom. The van der Waals surface area contributed by atoms with Crippen LogP contribution in [0.2, 0.25) is 0 Å². The Labute approximate surface area is 136 Å². The number of hydrogen-bond acceptors (Lipinski definition) is 9. The first kappa shape index (κ1) is 18.2. The summed E-state index contributed by atoms with van der Waals surface area (Å²) in [5.74, 6) is -1.62. The highest BCUT2D eigenvalue weighted by molar-refractivity contribution is 5.87. The molecule has 0 unspecified atom stereocenters. The molecule has 1 aromatic rings. The molecule has 0 aliphatic carbocycles. The van der Waals surface area contributed by atoms with Crippen LogP contribution in [0.3, 0.4) is 0 Å². The molecular weight excluding hydrogens is 324 g/mol. The summed E-state index contributed by atoms with van der Waals surface area (Å²) in [5, 5.41) is 56.7. The Morgan fingerprint density at radius 3 is 2.50 bits per heavy atom. The topological polar surface area (TPSA) is 157 Å². The average Bonchev–Trinajstić information content (AvgIpc) is 2.56. The van der Waals surface area contributed by atoms with Crippen LogP contribution < -0.4 is 0 Å². The number of phenolic OH excluding ortho intramolecular Hbond substituents is 2. The molecule has 0 radical (unpaired) electrons. The molecule has 9 nitrogen and oxygen atoms in total. The summed E-state index contributed by atoms with van der Waals surface area (Å²) >= 11 is 0. The molecule has 1 saturated heterocycles. The highest BCUT2D eigenvalue weighted by atomic mass is 16.7. The summed E-state index contributed by atoms with van der Waals surface area (Å²) in [5.41, 5.74) is 0.392. The second-order valence-electron chi connectivity index (χ2n) is 5.21. The van der Waals surface area contributed by atoms with Crippen LogP contribution in [-0.2, 0) is 14.3 Å². The van der Waals surface area contributed by atoms with Crippen molar-refractivity contribution in [3.8, 4) is 11.5 Å². The molecule has 0 spiro atoms. The number of esters is 1. The lowest BCUT2D eigenvalue weighted by Gasteiger charge is -2.39. The lowest BCUT2D eigenvalue weighted by Crippen LogP contribution is -2.59. The lowest BCUT2D eigenvalue weighted by atomic mass is 9.99. The van der Waals surface area contributed by atoms with Crippen molar-refractivity contribution in [2.24, 2.45) is 0 Å². The Hall–Kier alpha value is -2.17. The Morgan fingerprint density at radius 1 is 1.17 bits per heavy atom. The van der Waals surface area contributed by atoms with Gasteiger partial charge in [-0.15, -0.1) is 0 Å². The first-order chi connectivity index (χ1) is 11.3. The normalized spacial score (nSPS) is 30.4. The van der Waals surface area contributed by atoms with E-state index in [1.165, 1.54) is 24.3 Å². The summed E-state index contributed by atoms with van der Waals surface area (Å²) in [6.07, 6.45) is -5.37. The molecule has 0 amide bonds. The average molecular weight is 342 g/mol. The van der Waals surface area contributed by atoms with Gasteiger partial charge >= 0.3 is 5.97 Å². The van der Waals surface area contributed by atoms with E-state index in [1.807, 2.05) is 0 Å². The van der Waals surface area contributed by atoms with E-state index in [9.17, 15) is 30.3 Å². The predicted molar refractivity (Wildman–Crippen MR) is 78.7 cm³/mol. The molecule has 9 heteroatoms. The molecule has 1 fully saturated rings. The fourth-order valence-corrected chi connectivity index (χ4v) is 2.18. The van der Waals surface area contributed by atoms with E-state index >= 15 is 0 Å². The number of benzene rings is 1. The number of carbonyl (C=O) groups excluding carboxylic acids is 1. The Kier molecular flexibility index (Phi) is 5.75. The van der Waals surface area contributed by atoms with Gasteiger partial charge < -0.3 is 40.1 Å². The van der Waals surface area contributed by atoms with E-state index in [0.717, 1.165) is 6.08 Å². The number of aromatic hydroxyl groups is 2. The molecule has 0 aromatic heterocycles. The fraction of sp³-hybridized carbons (Fsp3) is 0.400. The maximum absolute atomic E-state index is 11.8. The quantitative estimate of drug-likeness (QED) is 0.217. The molecule has 0 saturated carbocycles. The van der Waals surface area contributed by atoms with Crippen LogP contribution in [0.1, 0.15) is 5.56 Å². The molecule has 1 heterocycles. The third-order valence-electron chi connectivity index (χ3n) is 3.51. The smallest absolute Gasteiger partial charge is 0.331 e. The van der Waals surface area contributed by atoms with Crippen LogP contribution in [0.15, 0.2) is 24.3 Å².